The molecule has 4 rings (SSSR count). The Bertz CT molecular complexity index is 942. The fourth-order valence-corrected chi connectivity index (χ4v) is 2.98. The molecule has 0 saturated carbocycles. The van der Waals surface area contributed by atoms with Gasteiger partial charge in [-0.1, -0.05) is 72.3 Å². The topological polar surface area (TPSA) is 17.3 Å². The van der Waals surface area contributed by atoms with Gasteiger partial charge in [0.2, 0.25) is 0 Å². The maximum Gasteiger partial charge on any atom is 0.141 e. The fourth-order valence-electron chi connectivity index (χ4n) is 2.70. The third-order valence-corrected chi connectivity index (χ3v) is 4.10. The van der Waals surface area contributed by atoms with Gasteiger partial charge in [-0.25, -0.2) is 4.98 Å². The van der Waals surface area contributed by atoms with Crippen LogP contribution in [0.2, 0.25) is 5.15 Å². The summed E-state index contributed by atoms with van der Waals surface area (Å²) in [6, 6.07) is 24.4. The maximum absolute atomic E-state index is 6.55. The molecular weight excluding hydrogens is 292 g/mol. The lowest BCUT2D eigenvalue weighted by molar-refractivity contribution is 1.19. The van der Waals surface area contributed by atoms with Crippen molar-refractivity contribution in [3.63, 3.8) is 0 Å². The summed E-state index contributed by atoms with van der Waals surface area (Å²) in [6.07, 6.45) is 1.93. The molecule has 0 saturated heterocycles. The summed E-state index contributed by atoms with van der Waals surface area (Å²) in [4.78, 5) is 4.70. The molecule has 0 atom stereocenters. The minimum atomic E-state index is 0.638. The van der Waals surface area contributed by atoms with Gasteiger partial charge >= 0.3 is 0 Å². The van der Waals surface area contributed by atoms with E-state index in [4.69, 9.17) is 16.6 Å². The molecule has 2 nitrogen and oxygen atoms in total. The van der Waals surface area contributed by atoms with Gasteiger partial charge in [0.1, 0.15) is 16.5 Å². The number of imidazole rings is 1. The Hall–Kier alpha value is -2.58. The van der Waals surface area contributed by atoms with E-state index in [0.29, 0.717) is 5.15 Å². The predicted molar refractivity (Wildman–Crippen MR) is 91.1 cm³/mol. The highest BCUT2D eigenvalue weighted by Gasteiger charge is 2.15. The summed E-state index contributed by atoms with van der Waals surface area (Å²) < 4.78 is 1.90. The second-order valence-corrected chi connectivity index (χ2v) is 5.45. The molecule has 0 fully saturated rings. The average Bonchev–Trinajstić information content (AvgIpc) is 2.93. The lowest BCUT2D eigenvalue weighted by Crippen LogP contribution is -1.86. The van der Waals surface area contributed by atoms with Crippen LogP contribution in [-0.2, 0) is 0 Å². The van der Waals surface area contributed by atoms with Gasteiger partial charge in [-0.2, -0.15) is 0 Å². The number of hydrogen-bond acceptors (Lipinski definition) is 1. The third kappa shape index (κ3) is 2.09. The molecule has 2 aromatic heterocycles. The normalized spacial score (nSPS) is 11.0. The third-order valence-electron chi connectivity index (χ3n) is 3.74. The lowest BCUT2D eigenvalue weighted by Gasteiger charge is -2.08. The number of benzene rings is 2. The van der Waals surface area contributed by atoms with Crippen molar-refractivity contribution in [2.24, 2.45) is 0 Å². The molecule has 0 aliphatic carbocycles. The molecule has 2 aromatic carbocycles. The van der Waals surface area contributed by atoms with Crippen LogP contribution < -0.4 is 0 Å². The molecule has 106 valence electrons. The summed E-state index contributed by atoms with van der Waals surface area (Å²) in [5, 5.41) is 0.638. The second-order valence-electron chi connectivity index (χ2n) is 5.09. The van der Waals surface area contributed by atoms with Crippen molar-refractivity contribution in [2.75, 3.05) is 0 Å². The highest BCUT2D eigenvalue weighted by Crippen LogP contribution is 2.35. The minimum Gasteiger partial charge on any atom is -0.290 e. The molecule has 22 heavy (non-hydrogen) atoms. The van der Waals surface area contributed by atoms with E-state index in [2.05, 4.69) is 24.3 Å². The van der Waals surface area contributed by atoms with E-state index in [1.54, 1.807) is 0 Å². The van der Waals surface area contributed by atoms with E-state index in [-0.39, 0.29) is 0 Å². The standard InChI is InChI=1S/C19H13ClN2/c20-19-18(21-17-12-6-7-13-22(17)19)16-11-5-4-10-15(16)14-8-2-1-3-9-14/h1-13H. The smallest absolute Gasteiger partial charge is 0.141 e. The second kappa shape index (κ2) is 5.32. The lowest BCUT2D eigenvalue weighted by atomic mass is 9.98. The van der Waals surface area contributed by atoms with Crippen molar-refractivity contribution in [2.45, 2.75) is 0 Å². The minimum absolute atomic E-state index is 0.638. The Morgan fingerprint density at radius 2 is 1.41 bits per heavy atom. The van der Waals surface area contributed by atoms with E-state index in [1.165, 1.54) is 0 Å². The van der Waals surface area contributed by atoms with Gasteiger partial charge in [0.05, 0.1) is 0 Å². The Labute approximate surface area is 133 Å². The zero-order valence-electron chi connectivity index (χ0n) is 11.8. The van der Waals surface area contributed by atoms with Crippen LogP contribution in [0.3, 0.4) is 0 Å². The SMILES string of the molecule is Clc1c(-c2ccccc2-c2ccccc2)nc2ccccn12. The van der Waals surface area contributed by atoms with Crippen LogP contribution in [0.15, 0.2) is 79.0 Å². The van der Waals surface area contributed by atoms with Crippen LogP contribution in [0.1, 0.15) is 0 Å². The summed E-state index contributed by atoms with van der Waals surface area (Å²) in [5.74, 6) is 0. The van der Waals surface area contributed by atoms with Gasteiger partial charge in [0, 0.05) is 11.8 Å². The van der Waals surface area contributed by atoms with Gasteiger partial charge in [0.15, 0.2) is 0 Å². The molecule has 0 amide bonds. The van der Waals surface area contributed by atoms with Crippen LogP contribution in [0.5, 0.6) is 0 Å². The molecule has 3 heteroatoms. The summed E-state index contributed by atoms with van der Waals surface area (Å²) >= 11 is 6.55. The number of aromatic nitrogens is 2. The molecule has 0 bridgehead atoms. The highest BCUT2D eigenvalue weighted by molar-refractivity contribution is 6.32. The number of pyridine rings is 1. The number of halogens is 1. The Balaban J connectivity index is 1.98. The zero-order chi connectivity index (χ0) is 14.9. The molecule has 4 aromatic rings. The van der Waals surface area contributed by atoms with E-state index in [0.717, 1.165) is 28.0 Å². The molecule has 0 spiro atoms. The van der Waals surface area contributed by atoms with Gasteiger partial charge in [-0.05, 0) is 23.3 Å². The Morgan fingerprint density at radius 3 is 2.18 bits per heavy atom. The van der Waals surface area contributed by atoms with Gasteiger partial charge < -0.3 is 0 Å². The Kier molecular flexibility index (Phi) is 3.17. The maximum atomic E-state index is 6.55. The summed E-state index contributed by atoms with van der Waals surface area (Å²) in [7, 11) is 0. The van der Waals surface area contributed by atoms with Gasteiger partial charge in [0.25, 0.3) is 0 Å². The van der Waals surface area contributed by atoms with Crippen molar-refractivity contribution in [3.05, 3.63) is 84.1 Å². The number of rotatable bonds is 2. The highest BCUT2D eigenvalue weighted by atomic mass is 35.5. The van der Waals surface area contributed by atoms with E-state index in [9.17, 15) is 0 Å². The van der Waals surface area contributed by atoms with Crippen LogP contribution in [0.4, 0.5) is 0 Å². The van der Waals surface area contributed by atoms with Crippen LogP contribution in [-0.4, -0.2) is 9.38 Å². The van der Waals surface area contributed by atoms with Crippen LogP contribution in [0.25, 0.3) is 28.0 Å². The predicted octanol–water partition coefficient (Wildman–Crippen LogP) is 5.32. The molecule has 2 heterocycles. The number of nitrogens with zero attached hydrogens (tertiary/aromatic N) is 2. The fraction of sp³-hybridized carbons (Fsp3) is 0. The molecule has 0 aliphatic rings. The van der Waals surface area contributed by atoms with Crippen LogP contribution >= 0.6 is 11.6 Å². The quantitative estimate of drug-likeness (QED) is 0.490. The Morgan fingerprint density at radius 1 is 0.727 bits per heavy atom. The first-order chi connectivity index (χ1) is 10.8. The molecule has 0 radical (unpaired) electrons. The zero-order valence-corrected chi connectivity index (χ0v) is 12.5. The average molecular weight is 305 g/mol. The van der Waals surface area contributed by atoms with Crippen molar-refractivity contribution in [3.8, 4) is 22.4 Å². The van der Waals surface area contributed by atoms with Crippen molar-refractivity contribution in [1.29, 1.82) is 0 Å². The van der Waals surface area contributed by atoms with E-state index >= 15 is 0 Å². The van der Waals surface area contributed by atoms with Crippen molar-refractivity contribution < 1.29 is 0 Å². The summed E-state index contributed by atoms with van der Waals surface area (Å²) in [6.45, 7) is 0. The largest absolute Gasteiger partial charge is 0.290 e. The number of hydrogen-bond donors (Lipinski definition) is 0. The molecular formula is C19H13ClN2. The van der Waals surface area contributed by atoms with E-state index < -0.39 is 0 Å². The molecule has 0 N–H and O–H groups in total. The monoisotopic (exact) mass is 304 g/mol. The number of fused-ring (bicyclic) bond motifs is 1. The van der Waals surface area contributed by atoms with Crippen molar-refractivity contribution >= 4 is 17.2 Å². The van der Waals surface area contributed by atoms with Gasteiger partial charge in [-0.3, -0.25) is 4.40 Å². The molecule has 0 aliphatic heterocycles. The van der Waals surface area contributed by atoms with Crippen molar-refractivity contribution in [1.82, 2.24) is 9.38 Å². The summed E-state index contributed by atoms with van der Waals surface area (Å²) in [5.41, 5.74) is 5.00. The van der Waals surface area contributed by atoms with Gasteiger partial charge in [-0.15, -0.1) is 0 Å². The van der Waals surface area contributed by atoms with Crippen LogP contribution in [0, 0.1) is 0 Å². The molecule has 0 unspecified atom stereocenters. The first-order valence-corrected chi connectivity index (χ1v) is 7.50. The first-order valence-electron chi connectivity index (χ1n) is 7.12. The first kappa shape index (κ1) is 13.1. The van der Waals surface area contributed by atoms with E-state index in [1.807, 2.05) is 59.1 Å².